The largest absolute Gasteiger partial charge is 0.330 e. The van der Waals surface area contributed by atoms with Crippen molar-refractivity contribution in [1.82, 2.24) is 5.32 Å². The average Bonchev–Trinajstić information content (AvgIpc) is 2.95. The van der Waals surface area contributed by atoms with Crippen molar-refractivity contribution in [1.29, 1.82) is 0 Å². The summed E-state index contributed by atoms with van der Waals surface area (Å²) in [4.78, 5) is 12.4. The topological polar surface area (TPSA) is 67.1 Å². The van der Waals surface area contributed by atoms with E-state index in [4.69, 9.17) is 5.73 Å². The first-order valence-electron chi connectivity index (χ1n) is 7.55. The number of rotatable bonds is 6. The van der Waals surface area contributed by atoms with Crippen LogP contribution in [0.1, 0.15) is 31.7 Å². The van der Waals surface area contributed by atoms with Crippen molar-refractivity contribution >= 4 is 11.6 Å². The minimum absolute atomic E-state index is 0.0761. The normalized spacial score (nSPS) is 21.9. The van der Waals surface area contributed by atoms with Crippen LogP contribution >= 0.6 is 0 Å². The minimum atomic E-state index is 0.0761. The number of nitrogens with one attached hydrogen (secondary N) is 2. The summed E-state index contributed by atoms with van der Waals surface area (Å²) < 4.78 is 0. The molecule has 0 saturated heterocycles. The van der Waals surface area contributed by atoms with E-state index in [0.717, 1.165) is 43.6 Å². The van der Waals surface area contributed by atoms with Crippen LogP contribution in [-0.2, 0) is 11.3 Å². The van der Waals surface area contributed by atoms with Crippen molar-refractivity contribution in [2.24, 2.45) is 17.6 Å². The van der Waals surface area contributed by atoms with Gasteiger partial charge in [0.25, 0.3) is 0 Å². The van der Waals surface area contributed by atoms with E-state index in [9.17, 15) is 4.79 Å². The van der Waals surface area contributed by atoms with Gasteiger partial charge in [-0.25, -0.2) is 0 Å². The molecule has 20 heavy (non-hydrogen) atoms. The molecule has 0 aromatic heterocycles. The van der Waals surface area contributed by atoms with E-state index in [0.29, 0.717) is 12.5 Å². The van der Waals surface area contributed by atoms with E-state index in [2.05, 4.69) is 17.6 Å². The number of hydrogen-bond donors (Lipinski definition) is 3. The van der Waals surface area contributed by atoms with Gasteiger partial charge in [0.1, 0.15) is 0 Å². The van der Waals surface area contributed by atoms with E-state index in [1.165, 1.54) is 0 Å². The van der Waals surface area contributed by atoms with Gasteiger partial charge < -0.3 is 16.4 Å². The van der Waals surface area contributed by atoms with E-state index in [-0.39, 0.29) is 11.8 Å². The highest BCUT2D eigenvalue weighted by molar-refractivity contribution is 5.93. The number of carbonyl (C=O) groups excluding carboxylic acids is 1. The molecule has 110 valence electrons. The highest BCUT2D eigenvalue weighted by atomic mass is 16.1. The maximum Gasteiger partial charge on any atom is 0.227 e. The zero-order valence-corrected chi connectivity index (χ0v) is 12.2. The summed E-state index contributed by atoms with van der Waals surface area (Å²) in [6.45, 7) is 4.38. The summed E-state index contributed by atoms with van der Waals surface area (Å²) in [7, 11) is 0. The maximum absolute atomic E-state index is 12.4. The quantitative estimate of drug-likeness (QED) is 0.745. The predicted molar refractivity (Wildman–Crippen MR) is 82.3 cm³/mol. The van der Waals surface area contributed by atoms with Gasteiger partial charge in [0.15, 0.2) is 0 Å². The van der Waals surface area contributed by atoms with Crippen molar-refractivity contribution < 1.29 is 4.79 Å². The molecule has 1 fully saturated rings. The lowest BCUT2D eigenvalue weighted by atomic mass is 9.95. The highest BCUT2D eigenvalue weighted by Gasteiger charge is 2.32. The first-order chi connectivity index (χ1) is 9.76. The molecule has 1 aliphatic carbocycles. The summed E-state index contributed by atoms with van der Waals surface area (Å²) >= 11 is 0. The Labute approximate surface area is 121 Å². The third-order valence-electron chi connectivity index (χ3n) is 4.14. The molecule has 4 N–H and O–H groups in total. The second kappa shape index (κ2) is 7.41. The highest BCUT2D eigenvalue weighted by Crippen LogP contribution is 2.32. The minimum Gasteiger partial charge on any atom is -0.330 e. The summed E-state index contributed by atoms with van der Waals surface area (Å²) in [5.41, 5.74) is 7.81. The number of anilines is 1. The molecule has 2 rings (SSSR count). The van der Waals surface area contributed by atoms with E-state index < -0.39 is 0 Å². The first kappa shape index (κ1) is 15.0. The van der Waals surface area contributed by atoms with E-state index in [1.54, 1.807) is 0 Å². The van der Waals surface area contributed by atoms with E-state index in [1.807, 2.05) is 24.3 Å². The molecule has 1 amide bonds. The second-order valence-electron chi connectivity index (χ2n) is 5.46. The Morgan fingerprint density at radius 3 is 2.90 bits per heavy atom. The van der Waals surface area contributed by atoms with Crippen LogP contribution in [0.3, 0.4) is 0 Å². The zero-order chi connectivity index (χ0) is 14.4. The number of para-hydroxylation sites is 1. The molecular weight excluding hydrogens is 250 g/mol. The van der Waals surface area contributed by atoms with Gasteiger partial charge in [-0.15, -0.1) is 0 Å². The molecule has 2 atom stereocenters. The molecule has 0 radical (unpaired) electrons. The average molecular weight is 275 g/mol. The van der Waals surface area contributed by atoms with Crippen molar-refractivity contribution in [3.05, 3.63) is 29.8 Å². The van der Waals surface area contributed by atoms with Crippen LogP contribution in [-0.4, -0.2) is 19.0 Å². The fraction of sp³-hybridized carbons (Fsp3) is 0.562. The van der Waals surface area contributed by atoms with Crippen molar-refractivity contribution in [3.63, 3.8) is 0 Å². The molecule has 1 aromatic rings. The first-order valence-corrected chi connectivity index (χ1v) is 7.55. The number of hydrogen-bond acceptors (Lipinski definition) is 3. The van der Waals surface area contributed by atoms with Crippen molar-refractivity contribution in [2.45, 2.75) is 32.7 Å². The lowest BCUT2D eigenvalue weighted by molar-refractivity contribution is -0.120. The summed E-state index contributed by atoms with van der Waals surface area (Å²) in [5.74, 6) is 0.546. The molecule has 1 aliphatic rings. The number of nitrogens with two attached hydrogens (primary N) is 1. The Morgan fingerprint density at radius 1 is 1.35 bits per heavy atom. The molecule has 1 saturated carbocycles. The smallest absolute Gasteiger partial charge is 0.227 e. The summed E-state index contributed by atoms with van der Waals surface area (Å²) in [5, 5.41) is 6.39. The fourth-order valence-corrected chi connectivity index (χ4v) is 2.95. The molecule has 0 bridgehead atoms. The van der Waals surface area contributed by atoms with Gasteiger partial charge in [-0.2, -0.15) is 0 Å². The Hall–Kier alpha value is -1.39. The van der Waals surface area contributed by atoms with Crippen LogP contribution in [0.15, 0.2) is 24.3 Å². The fourth-order valence-electron chi connectivity index (χ4n) is 2.95. The molecule has 0 spiro atoms. The Balaban J connectivity index is 2.03. The van der Waals surface area contributed by atoms with Gasteiger partial charge >= 0.3 is 0 Å². The van der Waals surface area contributed by atoms with Gasteiger partial charge in [-0.05, 0) is 43.5 Å². The van der Waals surface area contributed by atoms with Crippen LogP contribution in [0.5, 0.6) is 0 Å². The molecule has 0 heterocycles. The van der Waals surface area contributed by atoms with Gasteiger partial charge in [-0.1, -0.05) is 31.5 Å². The van der Waals surface area contributed by atoms with Gasteiger partial charge in [0, 0.05) is 18.2 Å². The number of carbonyl (C=O) groups is 1. The summed E-state index contributed by atoms with van der Waals surface area (Å²) in [6.07, 6.45) is 3.15. The molecule has 4 heteroatoms. The SMILES string of the molecule is CCNCc1ccccc1NC(=O)[C@@H]1CCC[C@@H]1CN. The lowest BCUT2D eigenvalue weighted by Gasteiger charge is -2.19. The molecule has 1 aromatic carbocycles. The predicted octanol–water partition coefficient (Wildman–Crippen LogP) is 2.11. The molecule has 4 nitrogen and oxygen atoms in total. The second-order valence-corrected chi connectivity index (χ2v) is 5.46. The van der Waals surface area contributed by atoms with Crippen molar-refractivity contribution in [2.75, 3.05) is 18.4 Å². The standard InChI is InChI=1S/C16H25N3O/c1-2-18-11-13-6-3-4-9-15(13)19-16(20)14-8-5-7-12(14)10-17/h3-4,6,9,12,14,18H,2,5,7-8,10-11,17H2,1H3,(H,19,20)/t12-,14-/m1/s1. The van der Waals surface area contributed by atoms with Crippen LogP contribution in [0.25, 0.3) is 0 Å². The molecule has 0 aliphatic heterocycles. The third-order valence-corrected chi connectivity index (χ3v) is 4.14. The van der Waals surface area contributed by atoms with Gasteiger partial charge in [0.05, 0.1) is 0 Å². The molecule has 0 unspecified atom stereocenters. The van der Waals surface area contributed by atoms with Crippen LogP contribution < -0.4 is 16.4 Å². The number of benzene rings is 1. The number of amides is 1. The van der Waals surface area contributed by atoms with Gasteiger partial charge in [-0.3, -0.25) is 4.79 Å². The van der Waals surface area contributed by atoms with Crippen LogP contribution in [0, 0.1) is 11.8 Å². The van der Waals surface area contributed by atoms with Crippen LogP contribution in [0.2, 0.25) is 0 Å². The maximum atomic E-state index is 12.4. The summed E-state index contributed by atoms with van der Waals surface area (Å²) in [6, 6.07) is 7.98. The monoisotopic (exact) mass is 275 g/mol. The van der Waals surface area contributed by atoms with Gasteiger partial charge in [0.2, 0.25) is 5.91 Å². The lowest BCUT2D eigenvalue weighted by Crippen LogP contribution is -2.30. The Kier molecular flexibility index (Phi) is 5.56. The third kappa shape index (κ3) is 3.58. The molecular formula is C16H25N3O. The Morgan fingerprint density at radius 2 is 2.15 bits per heavy atom. The van der Waals surface area contributed by atoms with E-state index >= 15 is 0 Å². The van der Waals surface area contributed by atoms with Crippen LogP contribution in [0.4, 0.5) is 5.69 Å². The van der Waals surface area contributed by atoms with Crippen molar-refractivity contribution in [3.8, 4) is 0 Å². The Bertz CT molecular complexity index is 447. The zero-order valence-electron chi connectivity index (χ0n) is 12.2.